The second kappa shape index (κ2) is 17.6. The summed E-state index contributed by atoms with van der Waals surface area (Å²) in [4.78, 5) is 4.92. The van der Waals surface area contributed by atoms with Crippen LogP contribution >= 0.6 is 22.7 Å². The molecule has 0 aliphatic carbocycles. The summed E-state index contributed by atoms with van der Waals surface area (Å²) >= 11 is 3.73. The summed E-state index contributed by atoms with van der Waals surface area (Å²) in [5.74, 6) is 0. The number of rotatable bonds is 9. The highest BCUT2D eigenvalue weighted by Gasteiger charge is 2.22. The molecule has 14 aromatic rings. The molecule has 14 rings (SSSR count). The third-order valence-electron chi connectivity index (χ3n) is 14.2. The molecule has 0 amide bonds. The molecule has 2 nitrogen and oxygen atoms in total. The van der Waals surface area contributed by atoms with Crippen molar-refractivity contribution in [2.24, 2.45) is 0 Å². The fourth-order valence-corrected chi connectivity index (χ4v) is 13.0. The van der Waals surface area contributed by atoms with Crippen LogP contribution in [0, 0.1) is 0 Å². The zero-order chi connectivity index (χ0) is 47.5. The molecule has 4 heteroatoms. The van der Waals surface area contributed by atoms with Crippen LogP contribution in [-0.2, 0) is 0 Å². The van der Waals surface area contributed by atoms with Gasteiger partial charge in [0.25, 0.3) is 0 Å². The summed E-state index contributed by atoms with van der Waals surface area (Å²) in [6, 6.07) is 98.1. The first kappa shape index (κ1) is 42.1. The van der Waals surface area contributed by atoms with Crippen LogP contribution in [-0.4, -0.2) is 0 Å². The fourth-order valence-electron chi connectivity index (χ4n) is 10.7. The van der Waals surface area contributed by atoms with Crippen LogP contribution in [0.5, 0.6) is 0 Å². The predicted molar refractivity (Wildman–Crippen MR) is 313 cm³/mol. The third-order valence-corrected chi connectivity index (χ3v) is 16.4. The van der Waals surface area contributed by atoms with Crippen LogP contribution < -0.4 is 9.80 Å². The van der Waals surface area contributed by atoms with Gasteiger partial charge in [0.15, 0.2) is 0 Å². The number of benzene rings is 12. The SMILES string of the molecule is c1ccc(-c2ccc(N(c3cccc(-c4cccc(N(c5ccc6cc(-c7ccccc7)ccc6c5)c5cccc6sc7ccccc7c56)c4)c3)c3cccc4sc5cc6ccccc6cc5c34)cc2)cc1. The Balaban J connectivity index is 0.925. The molecule has 0 saturated heterocycles. The van der Waals surface area contributed by atoms with Crippen LogP contribution in [0.4, 0.5) is 34.1 Å². The number of nitrogens with zero attached hydrogens (tertiary/aromatic N) is 2. The maximum Gasteiger partial charge on any atom is 0.0554 e. The van der Waals surface area contributed by atoms with Crippen LogP contribution in [0.3, 0.4) is 0 Å². The Kier molecular flexibility index (Phi) is 10.3. The zero-order valence-electron chi connectivity index (χ0n) is 39.1. The molecule has 2 aromatic heterocycles. The first-order chi connectivity index (χ1) is 35.7. The van der Waals surface area contributed by atoms with E-state index in [0.717, 1.165) is 45.3 Å². The lowest BCUT2D eigenvalue weighted by Crippen LogP contribution is -2.11. The quantitative estimate of drug-likeness (QED) is 0.142. The largest absolute Gasteiger partial charge is 0.310 e. The van der Waals surface area contributed by atoms with Crippen molar-refractivity contribution in [3.63, 3.8) is 0 Å². The molecule has 0 saturated carbocycles. The highest BCUT2D eigenvalue weighted by Crippen LogP contribution is 2.49. The highest BCUT2D eigenvalue weighted by atomic mass is 32.1. The molecule has 0 unspecified atom stereocenters. The number of hydrogen-bond donors (Lipinski definition) is 0. The molecule has 0 spiro atoms. The Morgan fingerprint density at radius 1 is 0.222 bits per heavy atom. The lowest BCUT2D eigenvalue weighted by atomic mass is 9.99. The van der Waals surface area contributed by atoms with E-state index in [4.69, 9.17) is 0 Å². The number of fused-ring (bicyclic) bond motifs is 8. The topological polar surface area (TPSA) is 6.48 Å². The molecule has 0 bridgehead atoms. The van der Waals surface area contributed by atoms with Crippen molar-refractivity contribution in [2.45, 2.75) is 0 Å². The highest BCUT2D eigenvalue weighted by molar-refractivity contribution is 7.26. The van der Waals surface area contributed by atoms with Gasteiger partial charge in [0.1, 0.15) is 0 Å². The van der Waals surface area contributed by atoms with Crippen LogP contribution in [0.2, 0.25) is 0 Å². The van der Waals surface area contributed by atoms with E-state index in [1.807, 2.05) is 22.7 Å². The minimum Gasteiger partial charge on any atom is -0.310 e. The first-order valence-corrected chi connectivity index (χ1v) is 26.1. The summed E-state index contributed by atoms with van der Waals surface area (Å²) < 4.78 is 5.12. The number of thiophene rings is 2. The molecule has 0 atom stereocenters. The average Bonchev–Trinajstić information content (AvgIpc) is 4.02. The lowest BCUT2D eigenvalue weighted by Gasteiger charge is -2.28. The number of hydrogen-bond acceptors (Lipinski definition) is 4. The third kappa shape index (κ3) is 7.39. The Bertz CT molecular complexity index is 4340. The number of anilines is 6. The predicted octanol–water partition coefficient (Wildman–Crippen LogP) is 20.7. The van der Waals surface area contributed by atoms with Gasteiger partial charge in [0.05, 0.1) is 11.4 Å². The Morgan fingerprint density at radius 2 is 0.653 bits per heavy atom. The lowest BCUT2D eigenvalue weighted by molar-refractivity contribution is 1.30. The summed E-state index contributed by atoms with van der Waals surface area (Å²) in [6.45, 7) is 0. The van der Waals surface area contributed by atoms with Crippen molar-refractivity contribution in [2.75, 3.05) is 9.80 Å². The van der Waals surface area contributed by atoms with Crippen molar-refractivity contribution in [3.05, 3.63) is 267 Å². The summed E-state index contributed by atoms with van der Waals surface area (Å²) in [5.41, 5.74) is 13.8. The standard InChI is InChI=1S/C68H44N2S2/c1-3-15-45(16-4-1)47-33-36-55(37-34-47)69(62-27-14-30-65-68(62)60-43-50-19-7-8-20-51(50)44-66(60)72-65)56-23-11-21-48(40-56)49-22-12-24-57(41-49)70(61-26-13-29-64-67(61)59-25-9-10-28-63(59)71-64)58-38-35-53-39-52(31-32-54(53)42-58)46-17-5-2-6-18-46/h1-44H. The maximum absolute atomic E-state index is 2.46. The Morgan fingerprint density at radius 3 is 1.35 bits per heavy atom. The van der Waals surface area contributed by atoms with Crippen LogP contribution in [0.15, 0.2) is 267 Å². The maximum atomic E-state index is 2.46. The van der Waals surface area contributed by atoms with Gasteiger partial charge >= 0.3 is 0 Å². The van der Waals surface area contributed by atoms with Gasteiger partial charge in [-0.1, -0.05) is 170 Å². The van der Waals surface area contributed by atoms with Crippen LogP contribution in [0.25, 0.3) is 95.3 Å². The average molecular weight is 953 g/mol. The van der Waals surface area contributed by atoms with E-state index in [9.17, 15) is 0 Å². The fraction of sp³-hybridized carbons (Fsp3) is 0. The second-order valence-electron chi connectivity index (χ2n) is 18.5. The van der Waals surface area contributed by atoms with Crippen molar-refractivity contribution in [3.8, 4) is 33.4 Å². The molecular weight excluding hydrogens is 909 g/mol. The van der Waals surface area contributed by atoms with E-state index >= 15 is 0 Å². The Labute approximate surface area is 426 Å². The molecule has 0 aliphatic rings. The van der Waals surface area contributed by atoms with E-state index in [-0.39, 0.29) is 0 Å². The molecule has 0 N–H and O–H groups in total. The van der Waals surface area contributed by atoms with Gasteiger partial charge in [-0.05, 0) is 152 Å². The van der Waals surface area contributed by atoms with Crippen molar-refractivity contribution in [1.82, 2.24) is 0 Å². The minimum absolute atomic E-state index is 1.09. The van der Waals surface area contributed by atoms with E-state index in [1.165, 1.54) is 84.1 Å². The molecule has 0 fully saturated rings. The molecule has 0 radical (unpaired) electrons. The molecule has 0 aliphatic heterocycles. The van der Waals surface area contributed by atoms with Gasteiger partial charge in [-0.2, -0.15) is 0 Å². The van der Waals surface area contributed by atoms with E-state index in [0.29, 0.717) is 0 Å². The molecule has 338 valence electrons. The molecule has 72 heavy (non-hydrogen) atoms. The minimum atomic E-state index is 1.09. The van der Waals surface area contributed by atoms with Gasteiger partial charge in [0.2, 0.25) is 0 Å². The summed E-state index contributed by atoms with van der Waals surface area (Å²) in [7, 11) is 0. The second-order valence-corrected chi connectivity index (χ2v) is 20.7. The van der Waals surface area contributed by atoms with Crippen molar-refractivity contribution in [1.29, 1.82) is 0 Å². The summed E-state index contributed by atoms with van der Waals surface area (Å²) in [6.07, 6.45) is 0. The van der Waals surface area contributed by atoms with Gasteiger partial charge < -0.3 is 9.80 Å². The molecule has 12 aromatic carbocycles. The normalized spacial score (nSPS) is 11.6. The molecular formula is C68H44N2S2. The van der Waals surface area contributed by atoms with Crippen LogP contribution in [0.1, 0.15) is 0 Å². The van der Waals surface area contributed by atoms with Crippen molar-refractivity contribution < 1.29 is 0 Å². The van der Waals surface area contributed by atoms with Gasteiger partial charge in [-0.3, -0.25) is 0 Å². The van der Waals surface area contributed by atoms with Gasteiger partial charge in [-0.25, -0.2) is 0 Å². The van der Waals surface area contributed by atoms with E-state index in [1.54, 1.807) is 0 Å². The van der Waals surface area contributed by atoms with Gasteiger partial charge in [0, 0.05) is 63.1 Å². The monoisotopic (exact) mass is 952 g/mol. The van der Waals surface area contributed by atoms with Crippen molar-refractivity contribution >= 4 is 119 Å². The van der Waals surface area contributed by atoms with E-state index < -0.39 is 0 Å². The van der Waals surface area contributed by atoms with E-state index in [2.05, 4.69) is 277 Å². The first-order valence-electron chi connectivity index (χ1n) is 24.5. The van der Waals surface area contributed by atoms with Gasteiger partial charge in [-0.15, -0.1) is 22.7 Å². The smallest absolute Gasteiger partial charge is 0.0554 e. The Hall–Kier alpha value is -8.80. The zero-order valence-corrected chi connectivity index (χ0v) is 40.7. The summed E-state index contributed by atoms with van der Waals surface area (Å²) in [5, 5.41) is 10.00. The molecule has 2 heterocycles.